The largest absolute Gasteiger partial charge is 0.396 e. The van der Waals surface area contributed by atoms with Crippen LogP contribution in [0.1, 0.15) is 12.0 Å². The molecule has 16 heavy (non-hydrogen) atoms. The van der Waals surface area contributed by atoms with Gasteiger partial charge in [0.15, 0.2) is 11.6 Å². The fourth-order valence-electron chi connectivity index (χ4n) is 2.05. The second-order valence-electron chi connectivity index (χ2n) is 4.39. The van der Waals surface area contributed by atoms with E-state index in [0.29, 0.717) is 25.2 Å². The maximum Gasteiger partial charge on any atom is 0.159 e. The topological polar surface area (TPSA) is 29.5 Å². The van der Waals surface area contributed by atoms with Gasteiger partial charge in [0.1, 0.15) is 0 Å². The molecule has 1 atom stereocenters. The highest BCUT2D eigenvalue weighted by atomic mass is 19.2. The van der Waals surface area contributed by atoms with Gasteiger partial charge in [-0.3, -0.25) is 0 Å². The first-order valence-corrected chi connectivity index (χ1v) is 5.28. The summed E-state index contributed by atoms with van der Waals surface area (Å²) in [4.78, 5) is 0. The van der Waals surface area contributed by atoms with E-state index in [2.05, 4.69) is 0 Å². The van der Waals surface area contributed by atoms with Crippen LogP contribution in [0.5, 0.6) is 0 Å². The fourth-order valence-corrected chi connectivity index (χ4v) is 2.05. The smallest absolute Gasteiger partial charge is 0.159 e. The molecule has 0 aliphatic carbocycles. The minimum atomic E-state index is -0.843. The average Bonchev–Trinajstić information content (AvgIpc) is 2.73. The van der Waals surface area contributed by atoms with Gasteiger partial charge < -0.3 is 9.84 Å². The zero-order chi connectivity index (χ0) is 11.6. The number of ether oxygens (including phenoxy) is 1. The highest BCUT2D eigenvalue weighted by Crippen LogP contribution is 2.32. The average molecular weight is 228 g/mol. The number of benzene rings is 1. The third kappa shape index (κ3) is 2.23. The molecule has 0 spiro atoms. The van der Waals surface area contributed by atoms with Crippen LogP contribution in [0.4, 0.5) is 8.78 Å². The Bertz CT molecular complexity index is 373. The predicted octanol–water partition coefficient (Wildman–Crippen LogP) is 1.91. The molecule has 1 N–H and O–H groups in total. The van der Waals surface area contributed by atoms with Crippen LogP contribution in [-0.2, 0) is 11.2 Å². The molecule has 0 aromatic heterocycles. The van der Waals surface area contributed by atoms with Gasteiger partial charge in [-0.25, -0.2) is 8.78 Å². The first-order valence-electron chi connectivity index (χ1n) is 5.28. The second kappa shape index (κ2) is 4.47. The summed E-state index contributed by atoms with van der Waals surface area (Å²) in [5, 5.41) is 9.35. The Morgan fingerprint density at radius 3 is 2.69 bits per heavy atom. The molecule has 1 aliphatic heterocycles. The normalized spacial score (nSPS) is 24.9. The van der Waals surface area contributed by atoms with Gasteiger partial charge in [-0.15, -0.1) is 0 Å². The molecule has 0 radical (unpaired) electrons. The van der Waals surface area contributed by atoms with E-state index in [0.717, 1.165) is 12.5 Å². The van der Waals surface area contributed by atoms with Crippen LogP contribution in [0.15, 0.2) is 18.2 Å². The Kier molecular flexibility index (Phi) is 3.21. The molecule has 1 fully saturated rings. The Hall–Kier alpha value is -1.00. The van der Waals surface area contributed by atoms with E-state index in [1.807, 2.05) is 0 Å². The Balaban J connectivity index is 2.16. The van der Waals surface area contributed by atoms with Crippen molar-refractivity contribution >= 4 is 0 Å². The zero-order valence-electron chi connectivity index (χ0n) is 8.88. The van der Waals surface area contributed by atoms with E-state index in [1.54, 1.807) is 6.07 Å². The summed E-state index contributed by atoms with van der Waals surface area (Å²) in [5.41, 5.74) is 0.364. The molecular weight excluding hydrogens is 214 g/mol. The number of hydrogen-bond donors (Lipinski definition) is 1. The molecule has 4 heteroatoms. The van der Waals surface area contributed by atoms with Crippen molar-refractivity contribution < 1.29 is 18.6 Å². The van der Waals surface area contributed by atoms with Crippen molar-refractivity contribution in [1.82, 2.24) is 0 Å². The lowest BCUT2D eigenvalue weighted by Gasteiger charge is -2.24. The first-order chi connectivity index (χ1) is 7.65. The molecule has 2 nitrogen and oxygen atoms in total. The Morgan fingerprint density at radius 1 is 1.31 bits per heavy atom. The maximum absolute atomic E-state index is 13.0. The van der Waals surface area contributed by atoms with E-state index >= 15 is 0 Å². The van der Waals surface area contributed by atoms with Gasteiger partial charge in [0, 0.05) is 12.0 Å². The maximum atomic E-state index is 13.0. The molecule has 2 rings (SSSR count). The summed E-state index contributed by atoms with van der Waals surface area (Å²) in [6, 6.07) is 3.85. The lowest BCUT2D eigenvalue weighted by molar-refractivity contribution is 0.0934. The van der Waals surface area contributed by atoms with E-state index in [9.17, 15) is 13.9 Å². The summed E-state index contributed by atoms with van der Waals surface area (Å²) in [5.74, 6) is -1.69. The summed E-state index contributed by atoms with van der Waals surface area (Å²) in [6.45, 7) is 1.10. The standard InChI is InChI=1S/C12H14F2O2/c13-10-2-1-9(5-11(10)14)6-12(7-15)3-4-16-8-12/h1-2,5,15H,3-4,6-8H2. The molecule has 1 unspecified atom stereocenters. The van der Waals surface area contributed by atoms with Crippen molar-refractivity contribution in [2.24, 2.45) is 5.41 Å². The van der Waals surface area contributed by atoms with Crippen LogP contribution in [0.3, 0.4) is 0 Å². The van der Waals surface area contributed by atoms with Crippen LogP contribution in [0.2, 0.25) is 0 Å². The number of rotatable bonds is 3. The monoisotopic (exact) mass is 228 g/mol. The first kappa shape index (κ1) is 11.5. The van der Waals surface area contributed by atoms with Crippen LogP contribution in [-0.4, -0.2) is 24.9 Å². The Morgan fingerprint density at radius 2 is 2.12 bits per heavy atom. The number of hydrogen-bond acceptors (Lipinski definition) is 2. The molecule has 1 aromatic carbocycles. The van der Waals surface area contributed by atoms with Gasteiger partial charge in [-0.1, -0.05) is 6.07 Å². The fraction of sp³-hybridized carbons (Fsp3) is 0.500. The van der Waals surface area contributed by atoms with E-state index in [-0.39, 0.29) is 12.0 Å². The SMILES string of the molecule is OCC1(Cc2ccc(F)c(F)c2)CCOC1. The summed E-state index contributed by atoms with van der Waals surface area (Å²) < 4.78 is 31.0. The molecule has 1 aliphatic rings. The minimum absolute atomic E-state index is 0.00595. The van der Waals surface area contributed by atoms with Crippen molar-refractivity contribution in [3.8, 4) is 0 Å². The van der Waals surface area contributed by atoms with Crippen molar-refractivity contribution in [2.75, 3.05) is 19.8 Å². The van der Waals surface area contributed by atoms with Gasteiger partial charge >= 0.3 is 0 Å². The van der Waals surface area contributed by atoms with Crippen LogP contribution in [0.25, 0.3) is 0 Å². The van der Waals surface area contributed by atoms with Crippen molar-refractivity contribution in [3.05, 3.63) is 35.4 Å². The van der Waals surface area contributed by atoms with E-state index < -0.39 is 11.6 Å². The highest BCUT2D eigenvalue weighted by molar-refractivity contribution is 5.19. The van der Waals surface area contributed by atoms with Gasteiger partial charge in [-0.05, 0) is 30.5 Å². The zero-order valence-corrected chi connectivity index (χ0v) is 8.88. The molecular formula is C12H14F2O2. The van der Waals surface area contributed by atoms with Crippen LogP contribution < -0.4 is 0 Å². The third-order valence-electron chi connectivity index (χ3n) is 3.08. The quantitative estimate of drug-likeness (QED) is 0.856. The summed E-state index contributed by atoms with van der Waals surface area (Å²) in [6.07, 6.45) is 1.27. The van der Waals surface area contributed by atoms with Gasteiger partial charge in [0.2, 0.25) is 0 Å². The van der Waals surface area contributed by atoms with E-state index in [1.165, 1.54) is 6.07 Å². The third-order valence-corrected chi connectivity index (χ3v) is 3.08. The predicted molar refractivity (Wildman–Crippen MR) is 55.0 cm³/mol. The van der Waals surface area contributed by atoms with Gasteiger partial charge in [0.05, 0.1) is 13.2 Å². The van der Waals surface area contributed by atoms with Crippen LogP contribution in [0, 0.1) is 17.0 Å². The number of aliphatic hydroxyl groups excluding tert-OH is 1. The van der Waals surface area contributed by atoms with Crippen molar-refractivity contribution in [2.45, 2.75) is 12.8 Å². The summed E-state index contributed by atoms with van der Waals surface area (Å²) >= 11 is 0. The molecule has 1 aromatic rings. The molecule has 0 bridgehead atoms. The molecule has 88 valence electrons. The second-order valence-corrected chi connectivity index (χ2v) is 4.39. The highest BCUT2D eigenvalue weighted by Gasteiger charge is 2.34. The minimum Gasteiger partial charge on any atom is -0.396 e. The van der Waals surface area contributed by atoms with E-state index in [4.69, 9.17) is 4.74 Å². The van der Waals surface area contributed by atoms with Crippen LogP contribution >= 0.6 is 0 Å². The van der Waals surface area contributed by atoms with Crippen molar-refractivity contribution in [3.63, 3.8) is 0 Å². The van der Waals surface area contributed by atoms with Crippen molar-refractivity contribution in [1.29, 1.82) is 0 Å². The molecule has 1 saturated heterocycles. The van der Waals surface area contributed by atoms with Gasteiger partial charge in [-0.2, -0.15) is 0 Å². The lowest BCUT2D eigenvalue weighted by Crippen LogP contribution is -2.28. The number of halogens is 2. The summed E-state index contributed by atoms with van der Waals surface area (Å²) in [7, 11) is 0. The van der Waals surface area contributed by atoms with Gasteiger partial charge in [0.25, 0.3) is 0 Å². The lowest BCUT2D eigenvalue weighted by atomic mass is 9.82. The molecule has 0 saturated carbocycles. The Labute approximate surface area is 92.9 Å². The molecule has 0 amide bonds. The number of aliphatic hydroxyl groups is 1. The molecule has 1 heterocycles.